The Morgan fingerprint density at radius 1 is 1.12 bits per heavy atom. The zero-order valence-corrected chi connectivity index (χ0v) is 16.5. The largest absolute Gasteiger partial charge is 0.497 e. The van der Waals surface area contributed by atoms with Gasteiger partial charge in [0.15, 0.2) is 0 Å². The van der Waals surface area contributed by atoms with Crippen molar-refractivity contribution in [2.45, 2.75) is 6.92 Å². The molecule has 1 aromatic carbocycles. The maximum atomic E-state index is 12.7. The van der Waals surface area contributed by atoms with Gasteiger partial charge in [0.1, 0.15) is 11.6 Å². The molecule has 2 heterocycles. The smallest absolute Gasteiger partial charge is 0.254 e. The highest BCUT2D eigenvalue weighted by atomic mass is 35.5. The minimum absolute atomic E-state index is 0. The van der Waals surface area contributed by atoms with Gasteiger partial charge in [-0.1, -0.05) is 6.07 Å². The summed E-state index contributed by atoms with van der Waals surface area (Å²) in [6, 6.07) is 9.20. The van der Waals surface area contributed by atoms with E-state index in [1.165, 1.54) is 0 Å². The van der Waals surface area contributed by atoms with E-state index in [1.807, 2.05) is 36.1 Å². The van der Waals surface area contributed by atoms with E-state index in [0.29, 0.717) is 24.3 Å². The first-order valence-electron chi connectivity index (χ1n) is 7.99. The molecule has 26 heavy (non-hydrogen) atoms. The summed E-state index contributed by atoms with van der Waals surface area (Å²) in [5.41, 5.74) is 8.07. The SMILES string of the molecule is COc1ccnc(N2CCN(C(=O)c3cc(N)ccc3C)CC2)c1.Cl.Cl. The molecule has 8 heteroatoms. The summed E-state index contributed by atoms with van der Waals surface area (Å²) in [5, 5.41) is 0. The van der Waals surface area contributed by atoms with E-state index in [1.54, 1.807) is 19.4 Å². The number of aromatic nitrogens is 1. The van der Waals surface area contributed by atoms with Crippen LogP contribution >= 0.6 is 24.8 Å². The Morgan fingerprint density at radius 2 is 1.81 bits per heavy atom. The highest BCUT2D eigenvalue weighted by Crippen LogP contribution is 2.21. The second-order valence-electron chi connectivity index (χ2n) is 5.91. The van der Waals surface area contributed by atoms with Gasteiger partial charge in [-0.05, 0) is 30.7 Å². The fourth-order valence-electron chi connectivity index (χ4n) is 2.88. The molecule has 0 bridgehead atoms. The van der Waals surface area contributed by atoms with Crippen molar-refractivity contribution in [1.82, 2.24) is 9.88 Å². The van der Waals surface area contributed by atoms with Crippen LogP contribution in [-0.4, -0.2) is 49.1 Å². The van der Waals surface area contributed by atoms with Crippen molar-refractivity contribution in [3.8, 4) is 5.75 Å². The number of rotatable bonds is 3. The zero-order valence-electron chi connectivity index (χ0n) is 14.8. The topological polar surface area (TPSA) is 71.7 Å². The Labute approximate surface area is 166 Å². The Balaban J connectivity index is 0.00000169. The maximum absolute atomic E-state index is 12.7. The van der Waals surface area contributed by atoms with Crippen molar-refractivity contribution in [3.63, 3.8) is 0 Å². The number of piperazine rings is 1. The van der Waals surface area contributed by atoms with Gasteiger partial charge >= 0.3 is 0 Å². The number of benzene rings is 1. The van der Waals surface area contributed by atoms with Crippen LogP contribution < -0.4 is 15.4 Å². The van der Waals surface area contributed by atoms with Gasteiger partial charge in [0.05, 0.1) is 7.11 Å². The molecule has 1 aliphatic heterocycles. The normalized spacial score (nSPS) is 13.5. The minimum Gasteiger partial charge on any atom is -0.497 e. The molecule has 1 fully saturated rings. The lowest BCUT2D eigenvalue weighted by atomic mass is 10.1. The van der Waals surface area contributed by atoms with Crippen molar-refractivity contribution in [1.29, 1.82) is 0 Å². The first-order valence-corrected chi connectivity index (χ1v) is 7.99. The molecule has 2 N–H and O–H groups in total. The third-order valence-corrected chi connectivity index (χ3v) is 4.34. The number of nitrogens with zero attached hydrogens (tertiary/aromatic N) is 3. The van der Waals surface area contributed by atoms with Gasteiger partial charge in [-0.3, -0.25) is 4.79 Å². The first-order chi connectivity index (χ1) is 11.6. The Bertz CT molecular complexity index is 750. The summed E-state index contributed by atoms with van der Waals surface area (Å²) in [6.07, 6.45) is 1.74. The van der Waals surface area contributed by atoms with Crippen molar-refractivity contribution >= 4 is 42.2 Å². The molecule has 3 rings (SSSR count). The molecule has 1 aromatic heterocycles. The summed E-state index contributed by atoms with van der Waals surface area (Å²) >= 11 is 0. The predicted molar refractivity (Wildman–Crippen MR) is 109 cm³/mol. The maximum Gasteiger partial charge on any atom is 0.254 e. The van der Waals surface area contributed by atoms with E-state index in [-0.39, 0.29) is 30.7 Å². The zero-order chi connectivity index (χ0) is 17.1. The standard InChI is InChI=1S/C18H22N4O2.2ClH/c1-13-3-4-14(19)11-16(13)18(23)22-9-7-21(8-10-22)17-12-15(24-2)5-6-20-17;;/h3-6,11-12H,7-10,19H2,1-2H3;2*1H. The summed E-state index contributed by atoms with van der Waals surface area (Å²) < 4.78 is 5.24. The highest BCUT2D eigenvalue weighted by molar-refractivity contribution is 5.96. The van der Waals surface area contributed by atoms with Crippen molar-refractivity contribution < 1.29 is 9.53 Å². The van der Waals surface area contributed by atoms with Crippen LogP contribution in [0.15, 0.2) is 36.5 Å². The van der Waals surface area contributed by atoms with E-state index in [2.05, 4.69) is 9.88 Å². The van der Waals surface area contributed by atoms with Gasteiger partial charge in [-0.2, -0.15) is 0 Å². The van der Waals surface area contributed by atoms with Gasteiger partial charge in [-0.15, -0.1) is 24.8 Å². The van der Waals surface area contributed by atoms with Crippen molar-refractivity contribution in [2.24, 2.45) is 0 Å². The first kappa shape index (κ1) is 21.9. The fraction of sp³-hybridized carbons (Fsp3) is 0.333. The molecule has 6 nitrogen and oxygen atoms in total. The minimum atomic E-state index is 0. The van der Waals surface area contributed by atoms with E-state index in [0.717, 1.165) is 30.2 Å². The lowest BCUT2D eigenvalue weighted by Crippen LogP contribution is -2.49. The lowest BCUT2D eigenvalue weighted by molar-refractivity contribution is 0.0746. The van der Waals surface area contributed by atoms with Gasteiger partial charge in [-0.25, -0.2) is 4.98 Å². The van der Waals surface area contributed by atoms with E-state index in [9.17, 15) is 4.79 Å². The van der Waals surface area contributed by atoms with Crippen LogP contribution in [0.2, 0.25) is 0 Å². The van der Waals surface area contributed by atoms with E-state index >= 15 is 0 Å². The monoisotopic (exact) mass is 398 g/mol. The number of hydrogen-bond donors (Lipinski definition) is 1. The molecule has 0 aliphatic carbocycles. The van der Waals surface area contributed by atoms with Crippen LogP contribution in [0.3, 0.4) is 0 Å². The van der Waals surface area contributed by atoms with Crippen LogP contribution in [0, 0.1) is 6.92 Å². The number of nitrogens with two attached hydrogens (primary N) is 1. The molecule has 1 saturated heterocycles. The summed E-state index contributed by atoms with van der Waals surface area (Å²) in [4.78, 5) is 21.2. The van der Waals surface area contributed by atoms with Crippen LogP contribution in [0.1, 0.15) is 15.9 Å². The summed E-state index contributed by atoms with van der Waals surface area (Å²) in [6.45, 7) is 4.74. The number of ether oxygens (including phenoxy) is 1. The van der Waals surface area contributed by atoms with Crippen molar-refractivity contribution in [2.75, 3.05) is 43.9 Å². The number of pyridine rings is 1. The number of halogens is 2. The third-order valence-electron chi connectivity index (χ3n) is 4.34. The van der Waals surface area contributed by atoms with Crippen molar-refractivity contribution in [3.05, 3.63) is 47.7 Å². The van der Waals surface area contributed by atoms with Gasteiger partial charge in [0, 0.05) is 49.7 Å². The highest BCUT2D eigenvalue weighted by Gasteiger charge is 2.24. The molecule has 0 unspecified atom stereocenters. The number of aryl methyl sites for hydroxylation is 1. The second kappa shape index (κ2) is 9.50. The van der Waals surface area contributed by atoms with Crippen LogP contribution in [0.4, 0.5) is 11.5 Å². The summed E-state index contributed by atoms with van der Waals surface area (Å²) in [7, 11) is 1.64. The van der Waals surface area contributed by atoms with Gasteiger partial charge in [0.25, 0.3) is 5.91 Å². The Hall–Kier alpha value is -2.18. The molecule has 0 spiro atoms. The number of carbonyl (C=O) groups excluding carboxylic acids is 1. The number of nitrogen functional groups attached to an aromatic ring is 1. The quantitative estimate of drug-likeness (QED) is 0.804. The predicted octanol–water partition coefficient (Wildman–Crippen LogP) is 2.79. The average molecular weight is 399 g/mol. The third kappa shape index (κ3) is 4.71. The van der Waals surface area contributed by atoms with E-state index < -0.39 is 0 Å². The van der Waals surface area contributed by atoms with Crippen LogP contribution in [-0.2, 0) is 0 Å². The molecule has 1 amide bonds. The Morgan fingerprint density at radius 3 is 2.46 bits per heavy atom. The molecule has 0 atom stereocenters. The molecule has 1 aliphatic rings. The fourth-order valence-corrected chi connectivity index (χ4v) is 2.88. The second-order valence-corrected chi connectivity index (χ2v) is 5.91. The van der Waals surface area contributed by atoms with E-state index in [4.69, 9.17) is 10.5 Å². The number of carbonyl (C=O) groups is 1. The molecular weight excluding hydrogens is 375 g/mol. The summed E-state index contributed by atoms with van der Waals surface area (Å²) in [5.74, 6) is 1.70. The van der Waals surface area contributed by atoms with Crippen LogP contribution in [0.5, 0.6) is 5.75 Å². The molecule has 0 radical (unpaired) electrons. The molecule has 142 valence electrons. The van der Waals surface area contributed by atoms with Crippen LogP contribution in [0.25, 0.3) is 0 Å². The van der Waals surface area contributed by atoms with Gasteiger partial charge in [0.2, 0.25) is 0 Å². The molecule has 2 aromatic rings. The lowest BCUT2D eigenvalue weighted by Gasteiger charge is -2.35. The van der Waals surface area contributed by atoms with Gasteiger partial charge < -0.3 is 20.3 Å². The number of anilines is 2. The number of hydrogen-bond acceptors (Lipinski definition) is 5. The molecule has 0 saturated carbocycles. The number of amides is 1. The Kier molecular flexibility index (Phi) is 7.99. The molecular formula is C18H24Cl2N4O2. The average Bonchev–Trinajstić information content (AvgIpc) is 2.63. The number of methoxy groups -OCH3 is 1.